The summed E-state index contributed by atoms with van der Waals surface area (Å²) < 4.78 is 0.511. The number of hydrogen-bond acceptors (Lipinski definition) is 4. The minimum atomic E-state index is -0.208. The molecule has 0 saturated heterocycles. The Morgan fingerprint density at radius 3 is 3.12 bits per heavy atom. The van der Waals surface area contributed by atoms with Crippen LogP contribution in [0.2, 0.25) is 0 Å². The van der Waals surface area contributed by atoms with Gasteiger partial charge in [0, 0.05) is 19.1 Å². The van der Waals surface area contributed by atoms with Crippen molar-refractivity contribution >= 4 is 21.6 Å². The maximum Gasteiger partial charge on any atom is 0.280 e. The largest absolute Gasteiger partial charge is 0.381 e. The number of rotatable bonds is 5. The van der Waals surface area contributed by atoms with Crippen molar-refractivity contribution in [3.8, 4) is 0 Å². The monoisotopic (exact) mass is 286 g/mol. The van der Waals surface area contributed by atoms with E-state index in [1.165, 1.54) is 12.8 Å². The van der Waals surface area contributed by atoms with Gasteiger partial charge in [-0.25, -0.2) is 5.10 Å². The smallest absolute Gasteiger partial charge is 0.280 e. The number of halogens is 1. The lowest BCUT2D eigenvalue weighted by Crippen LogP contribution is -2.27. The van der Waals surface area contributed by atoms with Crippen molar-refractivity contribution < 1.29 is 0 Å². The molecule has 0 unspecified atom stereocenters. The summed E-state index contributed by atoms with van der Waals surface area (Å²) >= 11 is 3.23. The van der Waals surface area contributed by atoms with E-state index in [9.17, 15) is 4.79 Å². The molecule has 5 nitrogen and oxygen atoms in total. The molecule has 16 heavy (non-hydrogen) atoms. The van der Waals surface area contributed by atoms with Crippen LogP contribution in [0, 0.1) is 0 Å². The Hall–Kier alpha value is -0.880. The van der Waals surface area contributed by atoms with Gasteiger partial charge in [-0.05, 0) is 35.8 Å². The van der Waals surface area contributed by atoms with E-state index in [4.69, 9.17) is 0 Å². The molecule has 0 bridgehead atoms. The van der Waals surface area contributed by atoms with Gasteiger partial charge in [-0.1, -0.05) is 0 Å². The van der Waals surface area contributed by atoms with Gasteiger partial charge >= 0.3 is 0 Å². The van der Waals surface area contributed by atoms with Gasteiger partial charge in [0.2, 0.25) is 0 Å². The summed E-state index contributed by atoms with van der Waals surface area (Å²) in [7, 11) is 2.13. The first-order chi connectivity index (χ1) is 7.68. The molecule has 0 aliphatic heterocycles. The van der Waals surface area contributed by atoms with Crippen LogP contribution in [0.1, 0.15) is 12.8 Å². The predicted octanol–water partition coefficient (Wildman–Crippen LogP) is 1.04. The highest BCUT2D eigenvalue weighted by Gasteiger charge is 2.25. The minimum Gasteiger partial charge on any atom is -0.381 e. The van der Waals surface area contributed by atoms with Gasteiger partial charge in [0.25, 0.3) is 5.56 Å². The first-order valence-corrected chi connectivity index (χ1v) is 6.15. The highest BCUT2D eigenvalue weighted by molar-refractivity contribution is 9.10. The molecule has 0 atom stereocenters. The van der Waals surface area contributed by atoms with Gasteiger partial charge in [-0.3, -0.25) is 4.79 Å². The van der Waals surface area contributed by atoms with Crippen LogP contribution in [-0.2, 0) is 0 Å². The van der Waals surface area contributed by atoms with Crippen LogP contribution in [0.5, 0.6) is 0 Å². The maximum atomic E-state index is 11.2. The quantitative estimate of drug-likeness (QED) is 0.849. The number of hydrogen-bond donors (Lipinski definition) is 2. The van der Waals surface area contributed by atoms with Crippen molar-refractivity contribution in [1.82, 2.24) is 15.1 Å². The van der Waals surface area contributed by atoms with Gasteiger partial charge in [-0.15, -0.1) is 0 Å². The SMILES string of the molecule is CN(CCNc1cn[nH]c(=O)c1Br)C1CC1. The van der Waals surface area contributed by atoms with Gasteiger partial charge in [0.05, 0.1) is 11.9 Å². The van der Waals surface area contributed by atoms with Crippen LogP contribution >= 0.6 is 15.9 Å². The Morgan fingerprint density at radius 1 is 1.69 bits per heavy atom. The number of anilines is 1. The topological polar surface area (TPSA) is 61.0 Å². The molecule has 0 spiro atoms. The Morgan fingerprint density at radius 2 is 2.44 bits per heavy atom. The first kappa shape index (κ1) is 11.6. The highest BCUT2D eigenvalue weighted by atomic mass is 79.9. The zero-order valence-electron chi connectivity index (χ0n) is 9.16. The second-order valence-corrected chi connectivity index (χ2v) is 4.86. The molecule has 0 radical (unpaired) electrons. The molecule has 1 fully saturated rings. The zero-order valence-corrected chi connectivity index (χ0v) is 10.7. The molecule has 2 rings (SSSR count). The molecule has 1 heterocycles. The minimum absolute atomic E-state index is 0.208. The van der Waals surface area contributed by atoms with Gasteiger partial charge in [0.1, 0.15) is 4.47 Å². The number of likely N-dealkylation sites (N-methyl/N-ethyl adjacent to an activating group) is 1. The van der Waals surface area contributed by atoms with Gasteiger partial charge < -0.3 is 10.2 Å². The number of aromatic nitrogens is 2. The van der Waals surface area contributed by atoms with E-state index in [0.29, 0.717) is 4.47 Å². The Bertz CT molecular complexity index is 416. The van der Waals surface area contributed by atoms with Crippen LogP contribution in [0.4, 0.5) is 5.69 Å². The molecule has 1 saturated carbocycles. The van der Waals surface area contributed by atoms with Crippen LogP contribution < -0.4 is 10.9 Å². The lowest BCUT2D eigenvalue weighted by Gasteiger charge is -2.16. The van der Waals surface area contributed by atoms with Crippen LogP contribution in [0.15, 0.2) is 15.5 Å². The zero-order chi connectivity index (χ0) is 11.5. The van der Waals surface area contributed by atoms with Crippen molar-refractivity contribution in [2.45, 2.75) is 18.9 Å². The maximum absolute atomic E-state index is 11.2. The predicted molar refractivity (Wildman–Crippen MR) is 66.7 cm³/mol. The van der Waals surface area contributed by atoms with Crippen molar-refractivity contribution in [2.75, 3.05) is 25.5 Å². The van der Waals surface area contributed by atoms with Crippen molar-refractivity contribution in [3.63, 3.8) is 0 Å². The average Bonchev–Trinajstić information content (AvgIpc) is 3.07. The summed E-state index contributed by atoms with van der Waals surface area (Å²) in [5.74, 6) is 0. The average molecular weight is 287 g/mol. The van der Waals surface area contributed by atoms with E-state index in [1.807, 2.05) is 0 Å². The molecule has 0 aromatic carbocycles. The Balaban J connectivity index is 1.84. The van der Waals surface area contributed by atoms with Crippen LogP contribution in [0.25, 0.3) is 0 Å². The number of nitrogens with one attached hydrogen (secondary N) is 2. The summed E-state index contributed by atoms with van der Waals surface area (Å²) in [6.07, 6.45) is 4.24. The van der Waals surface area contributed by atoms with Gasteiger partial charge in [0.15, 0.2) is 0 Å². The summed E-state index contributed by atoms with van der Waals surface area (Å²) in [6, 6.07) is 0.766. The second kappa shape index (κ2) is 4.97. The van der Waals surface area contributed by atoms with Gasteiger partial charge in [-0.2, -0.15) is 5.10 Å². The molecule has 1 aliphatic rings. The van der Waals surface area contributed by atoms with E-state index in [-0.39, 0.29) is 5.56 Å². The molecule has 88 valence electrons. The molecular formula is C10H15BrN4O. The van der Waals surface area contributed by atoms with Crippen molar-refractivity contribution in [3.05, 3.63) is 21.0 Å². The van der Waals surface area contributed by atoms with Crippen molar-refractivity contribution in [1.29, 1.82) is 0 Å². The fourth-order valence-electron chi connectivity index (χ4n) is 1.57. The fraction of sp³-hybridized carbons (Fsp3) is 0.600. The first-order valence-electron chi connectivity index (χ1n) is 5.36. The van der Waals surface area contributed by atoms with Crippen LogP contribution in [0.3, 0.4) is 0 Å². The normalized spacial score (nSPS) is 15.4. The van der Waals surface area contributed by atoms with E-state index < -0.39 is 0 Å². The third-order valence-electron chi connectivity index (χ3n) is 2.75. The number of aromatic amines is 1. The lowest BCUT2D eigenvalue weighted by atomic mass is 10.4. The summed E-state index contributed by atoms with van der Waals surface area (Å²) in [6.45, 7) is 1.79. The third-order valence-corrected chi connectivity index (χ3v) is 3.53. The standard InChI is InChI=1S/C10H15BrN4O/c1-15(7-2-3-7)5-4-12-8-6-13-14-10(16)9(8)11/h6-7H,2-5H2,1H3,(H2,12,14,16). The lowest BCUT2D eigenvalue weighted by molar-refractivity contribution is 0.337. The second-order valence-electron chi connectivity index (χ2n) is 4.07. The van der Waals surface area contributed by atoms with E-state index in [2.05, 4.69) is 43.4 Å². The third kappa shape index (κ3) is 2.82. The summed E-state index contributed by atoms with van der Waals surface area (Å²) in [5, 5.41) is 9.31. The molecule has 6 heteroatoms. The molecule has 1 aromatic rings. The Kier molecular flexibility index (Phi) is 3.60. The molecule has 1 aliphatic carbocycles. The van der Waals surface area contributed by atoms with E-state index in [1.54, 1.807) is 6.20 Å². The molecule has 2 N–H and O–H groups in total. The fourth-order valence-corrected chi connectivity index (χ4v) is 1.90. The number of H-pyrrole nitrogens is 1. The van der Waals surface area contributed by atoms with Crippen LogP contribution in [-0.4, -0.2) is 41.3 Å². The summed E-state index contributed by atoms with van der Waals surface area (Å²) in [4.78, 5) is 13.6. The molecule has 1 aromatic heterocycles. The van der Waals surface area contributed by atoms with E-state index >= 15 is 0 Å². The number of nitrogens with zero attached hydrogens (tertiary/aromatic N) is 2. The molecule has 0 amide bonds. The highest BCUT2D eigenvalue weighted by Crippen LogP contribution is 2.24. The Labute approximate surface area is 102 Å². The molecular weight excluding hydrogens is 272 g/mol. The van der Waals surface area contributed by atoms with E-state index in [0.717, 1.165) is 24.8 Å². The van der Waals surface area contributed by atoms with Crippen molar-refractivity contribution in [2.24, 2.45) is 0 Å². The summed E-state index contributed by atoms with van der Waals surface area (Å²) in [5.41, 5.74) is 0.536.